The number of nitrogens with zero attached hydrogens (tertiary/aromatic N) is 1. The van der Waals surface area contributed by atoms with Crippen LogP contribution in [-0.4, -0.2) is 12.1 Å². The number of ether oxygens (including phenoxy) is 1. The third-order valence-corrected chi connectivity index (χ3v) is 5.89. The number of hydrogen-bond donors (Lipinski definition) is 1. The maximum Gasteiger partial charge on any atom is 0.125 e. The first-order valence-electron chi connectivity index (χ1n) is 8.85. The number of hydrogen-bond acceptors (Lipinski definition) is 4. The van der Waals surface area contributed by atoms with Gasteiger partial charge in [0.2, 0.25) is 0 Å². The second-order valence-electron chi connectivity index (χ2n) is 6.67. The van der Waals surface area contributed by atoms with Gasteiger partial charge in [-0.1, -0.05) is 27.7 Å². The van der Waals surface area contributed by atoms with Gasteiger partial charge in [-0.25, -0.2) is 4.98 Å². The highest BCUT2D eigenvalue weighted by atomic mass is 32.1. The second kappa shape index (κ2) is 8.13. The lowest BCUT2D eigenvalue weighted by molar-refractivity contribution is 0.397. The molecule has 0 aliphatic rings. The van der Waals surface area contributed by atoms with Crippen molar-refractivity contribution >= 4 is 11.3 Å². The molecule has 3 atom stereocenters. The van der Waals surface area contributed by atoms with Gasteiger partial charge in [-0.15, -0.1) is 11.3 Å². The summed E-state index contributed by atoms with van der Waals surface area (Å²) in [6.07, 6.45) is 2.17. The van der Waals surface area contributed by atoms with Gasteiger partial charge in [-0.05, 0) is 54.9 Å². The quantitative estimate of drug-likeness (QED) is 0.682. The molecular formula is C20H30N2OS. The van der Waals surface area contributed by atoms with E-state index in [0.717, 1.165) is 29.3 Å². The van der Waals surface area contributed by atoms with Crippen LogP contribution in [0.4, 0.5) is 0 Å². The number of rotatable bonds is 7. The van der Waals surface area contributed by atoms with Crippen LogP contribution in [0.1, 0.15) is 81.5 Å². The molecule has 24 heavy (non-hydrogen) atoms. The Hall–Kier alpha value is -1.39. The first kappa shape index (κ1) is 18.9. The van der Waals surface area contributed by atoms with E-state index >= 15 is 0 Å². The molecule has 1 heterocycles. The highest BCUT2D eigenvalue weighted by Gasteiger charge is 2.20. The first-order chi connectivity index (χ1) is 11.4. The molecule has 132 valence electrons. The summed E-state index contributed by atoms with van der Waals surface area (Å²) in [5.41, 5.74) is 10.7. The van der Waals surface area contributed by atoms with Crippen molar-refractivity contribution in [1.82, 2.24) is 4.98 Å². The van der Waals surface area contributed by atoms with E-state index in [0.29, 0.717) is 11.8 Å². The zero-order chi connectivity index (χ0) is 17.9. The molecule has 1 aromatic heterocycles. The summed E-state index contributed by atoms with van der Waals surface area (Å²) in [5, 5.41) is 3.09. The molecule has 2 rings (SSSR count). The van der Waals surface area contributed by atoms with E-state index in [1.54, 1.807) is 18.4 Å². The van der Waals surface area contributed by atoms with Crippen LogP contribution in [0, 0.1) is 0 Å². The van der Waals surface area contributed by atoms with E-state index in [4.69, 9.17) is 15.5 Å². The minimum absolute atomic E-state index is 0.0231. The highest BCUT2D eigenvalue weighted by Crippen LogP contribution is 2.40. The highest BCUT2D eigenvalue weighted by molar-refractivity contribution is 7.10. The van der Waals surface area contributed by atoms with Crippen molar-refractivity contribution in [2.24, 2.45) is 5.73 Å². The molecule has 2 aromatic rings. The number of benzene rings is 1. The van der Waals surface area contributed by atoms with Gasteiger partial charge in [0.05, 0.1) is 18.8 Å². The maximum atomic E-state index is 5.98. The lowest BCUT2D eigenvalue weighted by atomic mass is 9.87. The summed E-state index contributed by atoms with van der Waals surface area (Å²) in [5.74, 6) is 1.95. The predicted molar refractivity (Wildman–Crippen MR) is 104 cm³/mol. The Balaban J connectivity index is 2.62. The van der Waals surface area contributed by atoms with Gasteiger partial charge in [0.15, 0.2) is 0 Å². The lowest BCUT2D eigenvalue weighted by Gasteiger charge is -2.22. The van der Waals surface area contributed by atoms with Crippen LogP contribution >= 0.6 is 11.3 Å². The number of nitrogens with two attached hydrogens (primary N) is 1. The zero-order valence-corrected chi connectivity index (χ0v) is 16.5. The monoisotopic (exact) mass is 346 g/mol. The van der Waals surface area contributed by atoms with Crippen LogP contribution in [0.25, 0.3) is 11.3 Å². The van der Waals surface area contributed by atoms with Crippen LogP contribution in [0.2, 0.25) is 0 Å². The van der Waals surface area contributed by atoms with Crippen LogP contribution in [-0.2, 0) is 0 Å². The van der Waals surface area contributed by atoms with Crippen LogP contribution in [0.3, 0.4) is 0 Å². The van der Waals surface area contributed by atoms with Crippen molar-refractivity contribution in [2.75, 3.05) is 7.11 Å². The fourth-order valence-electron chi connectivity index (χ4n) is 2.86. The van der Waals surface area contributed by atoms with Crippen molar-refractivity contribution in [1.29, 1.82) is 0 Å². The third-order valence-electron chi connectivity index (χ3n) is 4.84. The van der Waals surface area contributed by atoms with Crippen LogP contribution in [0.15, 0.2) is 17.5 Å². The minimum atomic E-state index is -0.0231. The average molecular weight is 347 g/mol. The molecule has 2 N–H and O–H groups in total. The molecule has 0 aliphatic heterocycles. The number of methoxy groups -OCH3 is 1. The van der Waals surface area contributed by atoms with Gasteiger partial charge in [0.25, 0.3) is 0 Å². The Bertz CT molecular complexity index is 647. The first-order valence-corrected chi connectivity index (χ1v) is 9.73. The Kier molecular flexibility index (Phi) is 6.41. The van der Waals surface area contributed by atoms with Crippen molar-refractivity contribution in [3.63, 3.8) is 0 Å². The lowest BCUT2D eigenvalue weighted by Crippen LogP contribution is -2.05. The molecule has 1 aromatic carbocycles. The third kappa shape index (κ3) is 3.81. The molecule has 4 heteroatoms. The summed E-state index contributed by atoms with van der Waals surface area (Å²) in [6.45, 7) is 10.9. The minimum Gasteiger partial charge on any atom is -0.496 e. The SMILES string of the molecule is CCC(C)c1cc(-c2csc(C(C)N)n2)cc(C(C)CC)c1OC. The fraction of sp³-hybridized carbons (Fsp3) is 0.550. The van der Waals surface area contributed by atoms with Gasteiger partial charge in [-0.3, -0.25) is 0 Å². The van der Waals surface area contributed by atoms with Crippen LogP contribution < -0.4 is 10.5 Å². The van der Waals surface area contributed by atoms with Gasteiger partial charge >= 0.3 is 0 Å². The zero-order valence-electron chi connectivity index (χ0n) is 15.7. The smallest absolute Gasteiger partial charge is 0.125 e. The summed E-state index contributed by atoms with van der Waals surface area (Å²) in [4.78, 5) is 4.74. The Morgan fingerprint density at radius 1 is 1.08 bits per heavy atom. The Morgan fingerprint density at radius 2 is 1.62 bits per heavy atom. The van der Waals surface area contributed by atoms with Crippen molar-refractivity contribution in [3.8, 4) is 17.0 Å². The van der Waals surface area contributed by atoms with E-state index in [-0.39, 0.29) is 6.04 Å². The molecule has 0 radical (unpaired) electrons. The average Bonchev–Trinajstić information content (AvgIpc) is 3.09. The Labute approximate surface area is 150 Å². The van der Waals surface area contributed by atoms with Crippen LogP contribution in [0.5, 0.6) is 5.75 Å². The molecule has 3 nitrogen and oxygen atoms in total. The summed E-state index contributed by atoms with van der Waals surface area (Å²) in [6, 6.07) is 4.47. The van der Waals surface area contributed by atoms with Crippen molar-refractivity contribution < 1.29 is 4.74 Å². The number of aromatic nitrogens is 1. The summed E-state index contributed by atoms with van der Waals surface area (Å²) >= 11 is 1.64. The van der Waals surface area contributed by atoms with E-state index in [2.05, 4.69) is 45.2 Å². The van der Waals surface area contributed by atoms with E-state index in [1.807, 2.05) is 6.92 Å². The molecule has 0 fully saturated rings. The summed E-state index contributed by atoms with van der Waals surface area (Å²) < 4.78 is 5.82. The van der Waals surface area contributed by atoms with Crippen molar-refractivity contribution in [3.05, 3.63) is 33.6 Å². The van der Waals surface area contributed by atoms with Gasteiger partial charge in [0, 0.05) is 10.9 Å². The maximum absolute atomic E-state index is 5.98. The van der Waals surface area contributed by atoms with Crippen molar-refractivity contribution in [2.45, 2.75) is 65.3 Å². The topological polar surface area (TPSA) is 48.1 Å². The van der Waals surface area contributed by atoms with E-state index in [1.165, 1.54) is 16.7 Å². The molecular weight excluding hydrogens is 316 g/mol. The standard InChI is InChI=1S/C20H30N2OS/c1-7-12(3)16-9-15(18-11-24-20(22-18)14(5)21)10-17(13(4)8-2)19(16)23-6/h9-14H,7-8,21H2,1-6H3. The van der Waals surface area contributed by atoms with E-state index in [9.17, 15) is 0 Å². The Morgan fingerprint density at radius 3 is 2.00 bits per heavy atom. The molecule has 0 aliphatic carbocycles. The predicted octanol–water partition coefficient (Wildman–Crippen LogP) is 5.87. The number of thiazole rings is 1. The second-order valence-corrected chi connectivity index (χ2v) is 7.56. The molecule has 0 saturated carbocycles. The largest absolute Gasteiger partial charge is 0.496 e. The molecule has 0 bridgehead atoms. The van der Waals surface area contributed by atoms with E-state index < -0.39 is 0 Å². The van der Waals surface area contributed by atoms with Gasteiger partial charge in [-0.2, -0.15) is 0 Å². The molecule has 0 amide bonds. The van der Waals surface area contributed by atoms with Gasteiger partial charge in [0.1, 0.15) is 10.8 Å². The molecule has 0 saturated heterocycles. The molecule has 3 unspecified atom stereocenters. The fourth-order valence-corrected chi connectivity index (χ4v) is 3.65. The summed E-state index contributed by atoms with van der Waals surface area (Å²) in [7, 11) is 1.78. The van der Waals surface area contributed by atoms with Gasteiger partial charge < -0.3 is 10.5 Å². The molecule has 0 spiro atoms. The normalized spacial score (nSPS) is 15.1.